The van der Waals surface area contributed by atoms with Crippen molar-refractivity contribution in [2.75, 3.05) is 32.7 Å². The third-order valence-corrected chi connectivity index (χ3v) is 4.62. The molecular weight excluding hydrogens is 283 g/mol. The smallest absolute Gasteiger partial charge is 0.340 e. The fourth-order valence-electron chi connectivity index (χ4n) is 3.15. The van der Waals surface area contributed by atoms with Crippen LogP contribution in [-0.2, 0) is 4.79 Å². The zero-order valence-electron chi connectivity index (χ0n) is 12.6. The highest BCUT2D eigenvalue weighted by atomic mass is 19.4. The molecule has 0 aromatic heterocycles. The zero-order valence-corrected chi connectivity index (χ0v) is 12.6. The summed E-state index contributed by atoms with van der Waals surface area (Å²) in [5.74, 6) is 0.135. The summed E-state index contributed by atoms with van der Waals surface area (Å²) < 4.78 is 38.1. The van der Waals surface area contributed by atoms with Crippen molar-refractivity contribution in [2.45, 2.75) is 44.9 Å². The van der Waals surface area contributed by atoms with Gasteiger partial charge in [0.25, 0.3) is 0 Å². The lowest BCUT2D eigenvalue weighted by molar-refractivity contribution is -0.183. The van der Waals surface area contributed by atoms with E-state index >= 15 is 0 Å². The molecule has 0 radical (unpaired) electrons. The third-order valence-electron chi connectivity index (χ3n) is 4.62. The second-order valence-electron chi connectivity index (χ2n) is 6.16. The van der Waals surface area contributed by atoms with Gasteiger partial charge in [-0.15, -0.1) is 0 Å². The molecule has 2 aliphatic heterocycles. The molecule has 0 saturated carbocycles. The van der Waals surface area contributed by atoms with E-state index in [4.69, 9.17) is 0 Å². The van der Waals surface area contributed by atoms with Crippen LogP contribution >= 0.6 is 0 Å². The minimum Gasteiger partial charge on any atom is -0.340 e. The first-order valence-corrected chi connectivity index (χ1v) is 7.62. The van der Waals surface area contributed by atoms with Gasteiger partial charge in [0.2, 0.25) is 5.91 Å². The van der Waals surface area contributed by atoms with E-state index in [0.29, 0.717) is 32.2 Å². The van der Waals surface area contributed by atoms with Crippen molar-refractivity contribution in [1.82, 2.24) is 15.1 Å². The van der Waals surface area contributed by atoms with Gasteiger partial charge in [-0.3, -0.25) is 9.69 Å². The lowest BCUT2D eigenvalue weighted by Crippen LogP contribution is -2.56. The number of halogens is 3. The topological polar surface area (TPSA) is 35.6 Å². The second kappa shape index (κ2) is 6.52. The van der Waals surface area contributed by atoms with Gasteiger partial charge in [0.1, 0.15) is 6.04 Å². The molecule has 2 rings (SSSR count). The number of nitrogens with one attached hydrogen (secondary N) is 1. The predicted molar refractivity (Wildman–Crippen MR) is 73.9 cm³/mol. The Morgan fingerprint density at radius 2 is 1.86 bits per heavy atom. The molecule has 122 valence electrons. The molecule has 0 aromatic rings. The number of piperazine rings is 1. The maximum atomic E-state index is 12.7. The Kier molecular flexibility index (Phi) is 5.14. The minimum absolute atomic E-state index is 0.0211. The molecule has 2 saturated heterocycles. The molecule has 0 aliphatic carbocycles. The quantitative estimate of drug-likeness (QED) is 0.839. The number of rotatable bonds is 2. The molecule has 1 amide bonds. The monoisotopic (exact) mass is 307 g/mol. The summed E-state index contributed by atoms with van der Waals surface area (Å²) in [6, 6.07) is -1.10. The number of piperidine rings is 1. The maximum absolute atomic E-state index is 12.7. The third kappa shape index (κ3) is 4.10. The highest BCUT2D eigenvalue weighted by Gasteiger charge is 2.41. The fraction of sp³-hybridized carbons (Fsp3) is 0.929. The molecule has 2 fully saturated rings. The maximum Gasteiger partial charge on any atom is 0.403 e. The molecular formula is C14H24F3N3O. The SMILES string of the molecule is CC(N1CCN(C(=O)[C@H]2CCN[C@@H](C)C2)CC1)C(F)(F)F. The highest BCUT2D eigenvalue weighted by molar-refractivity contribution is 5.79. The Hall–Kier alpha value is -0.820. The number of hydrogen-bond donors (Lipinski definition) is 1. The first-order valence-electron chi connectivity index (χ1n) is 7.62. The predicted octanol–water partition coefficient (Wildman–Crippen LogP) is 1.47. The van der Waals surface area contributed by atoms with E-state index in [2.05, 4.69) is 12.2 Å². The van der Waals surface area contributed by atoms with Crippen molar-refractivity contribution in [3.8, 4) is 0 Å². The van der Waals surface area contributed by atoms with Gasteiger partial charge in [-0.05, 0) is 33.2 Å². The summed E-state index contributed by atoms with van der Waals surface area (Å²) in [7, 11) is 0. The van der Waals surface area contributed by atoms with Crippen LogP contribution in [0.3, 0.4) is 0 Å². The first-order chi connectivity index (χ1) is 9.79. The Bertz CT molecular complexity index is 367. The fourth-order valence-corrected chi connectivity index (χ4v) is 3.15. The number of alkyl halides is 3. The number of carbonyl (C=O) groups excluding carboxylic acids is 1. The normalized spacial score (nSPS) is 30.2. The van der Waals surface area contributed by atoms with Gasteiger partial charge < -0.3 is 10.2 Å². The Morgan fingerprint density at radius 1 is 1.24 bits per heavy atom. The van der Waals surface area contributed by atoms with Crippen LogP contribution in [0.2, 0.25) is 0 Å². The molecule has 3 atom stereocenters. The van der Waals surface area contributed by atoms with Crippen LogP contribution < -0.4 is 5.32 Å². The Labute approximate surface area is 123 Å². The molecule has 2 aliphatic rings. The average molecular weight is 307 g/mol. The van der Waals surface area contributed by atoms with Gasteiger partial charge in [0.15, 0.2) is 0 Å². The number of nitrogens with zero attached hydrogens (tertiary/aromatic N) is 2. The average Bonchev–Trinajstić information content (AvgIpc) is 2.45. The van der Waals surface area contributed by atoms with E-state index in [-0.39, 0.29) is 11.8 Å². The second-order valence-corrected chi connectivity index (χ2v) is 6.16. The minimum atomic E-state index is -4.20. The molecule has 0 spiro atoms. The molecule has 21 heavy (non-hydrogen) atoms. The van der Waals surface area contributed by atoms with E-state index in [1.54, 1.807) is 4.90 Å². The molecule has 1 unspecified atom stereocenters. The van der Waals surface area contributed by atoms with Gasteiger partial charge in [-0.25, -0.2) is 0 Å². The summed E-state index contributed by atoms with van der Waals surface area (Å²) in [4.78, 5) is 15.6. The molecule has 4 nitrogen and oxygen atoms in total. The summed E-state index contributed by atoms with van der Waals surface area (Å²) in [6.45, 7) is 5.48. The lowest BCUT2D eigenvalue weighted by atomic mass is 9.92. The van der Waals surface area contributed by atoms with E-state index in [9.17, 15) is 18.0 Å². The standard InChI is InChI=1S/C14H24F3N3O/c1-10-9-12(3-4-18-10)13(21)20-7-5-19(6-8-20)11(2)14(15,16)17/h10-12,18H,3-9H2,1-2H3/t10-,11?,12-/m0/s1. The molecule has 2 heterocycles. The molecule has 0 aromatic carbocycles. The van der Waals surface area contributed by atoms with Gasteiger partial charge in [0, 0.05) is 38.1 Å². The van der Waals surface area contributed by atoms with E-state index in [1.165, 1.54) is 11.8 Å². The van der Waals surface area contributed by atoms with Crippen molar-refractivity contribution in [2.24, 2.45) is 5.92 Å². The van der Waals surface area contributed by atoms with Crippen molar-refractivity contribution >= 4 is 5.91 Å². The van der Waals surface area contributed by atoms with Crippen molar-refractivity contribution in [3.63, 3.8) is 0 Å². The lowest BCUT2D eigenvalue weighted by Gasteiger charge is -2.40. The van der Waals surface area contributed by atoms with Crippen molar-refractivity contribution < 1.29 is 18.0 Å². The van der Waals surface area contributed by atoms with Gasteiger partial charge in [-0.2, -0.15) is 13.2 Å². The highest BCUT2D eigenvalue weighted by Crippen LogP contribution is 2.26. The zero-order chi connectivity index (χ0) is 15.6. The largest absolute Gasteiger partial charge is 0.403 e. The summed E-state index contributed by atoms with van der Waals surface area (Å²) in [5, 5.41) is 3.30. The van der Waals surface area contributed by atoms with Crippen LogP contribution in [0.4, 0.5) is 13.2 Å². The Morgan fingerprint density at radius 3 is 2.38 bits per heavy atom. The number of amides is 1. The molecule has 1 N–H and O–H groups in total. The van der Waals surface area contributed by atoms with Crippen LogP contribution in [-0.4, -0.2) is 66.7 Å². The van der Waals surface area contributed by atoms with Crippen molar-refractivity contribution in [1.29, 1.82) is 0 Å². The van der Waals surface area contributed by atoms with Crippen LogP contribution in [0.5, 0.6) is 0 Å². The summed E-state index contributed by atoms with van der Waals surface area (Å²) in [5.41, 5.74) is 0. The number of hydrogen-bond acceptors (Lipinski definition) is 3. The van der Waals surface area contributed by atoms with E-state index in [0.717, 1.165) is 19.4 Å². The number of carbonyl (C=O) groups is 1. The molecule has 0 bridgehead atoms. The van der Waals surface area contributed by atoms with Crippen molar-refractivity contribution in [3.05, 3.63) is 0 Å². The van der Waals surface area contributed by atoms with Gasteiger partial charge in [-0.1, -0.05) is 0 Å². The van der Waals surface area contributed by atoms with Crippen LogP contribution in [0.15, 0.2) is 0 Å². The van der Waals surface area contributed by atoms with Gasteiger partial charge in [0.05, 0.1) is 0 Å². The van der Waals surface area contributed by atoms with E-state index in [1.807, 2.05) is 0 Å². The summed E-state index contributed by atoms with van der Waals surface area (Å²) >= 11 is 0. The van der Waals surface area contributed by atoms with Crippen LogP contribution in [0.25, 0.3) is 0 Å². The Balaban J connectivity index is 1.84. The summed E-state index contributed by atoms with van der Waals surface area (Å²) in [6.07, 6.45) is -2.56. The van der Waals surface area contributed by atoms with Crippen LogP contribution in [0.1, 0.15) is 26.7 Å². The molecule has 7 heteroatoms. The van der Waals surface area contributed by atoms with Crippen LogP contribution in [0, 0.1) is 5.92 Å². The van der Waals surface area contributed by atoms with E-state index < -0.39 is 12.2 Å². The van der Waals surface area contributed by atoms with Gasteiger partial charge >= 0.3 is 6.18 Å². The first kappa shape index (κ1) is 16.5.